The monoisotopic (exact) mass is 337 g/mol. The molecule has 4 rings (SSSR count). The van der Waals surface area contributed by atoms with Crippen LogP contribution in [0.1, 0.15) is 17.5 Å². The molecule has 1 aromatic carbocycles. The van der Waals surface area contributed by atoms with E-state index in [4.69, 9.17) is 0 Å². The predicted octanol–water partition coefficient (Wildman–Crippen LogP) is 3.69. The minimum absolute atomic E-state index is 0.145. The van der Waals surface area contributed by atoms with E-state index in [0.29, 0.717) is 12.1 Å². The molecule has 1 aliphatic heterocycles. The fourth-order valence-electron chi connectivity index (χ4n) is 3.26. The molecule has 0 saturated carbocycles. The molecular formula is C20H20FN3O. The summed E-state index contributed by atoms with van der Waals surface area (Å²) in [5.74, 6) is -0.0664. The van der Waals surface area contributed by atoms with Crippen molar-refractivity contribution in [3.05, 3.63) is 53.6 Å². The lowest BCUT2D eigenvalue weighted by Crippen LogP contribution is -2.43. The highest BCUT2D eigenvalue weighted by Gasteiger charge is 2.21. The quantitative estimate of drug-likeness (QED) is 0.731. The van der Waals surface area contributed by atoms with Crippen molar-refractivity contribution in [2.45, 2.75) is 26.8 Å². The van der Waals surface area contributed by atoms with Gasteiger partial charge in [-0.15, -0.1) is 0 Å². The van der Waals surface area contributed by atoms with E-state index in [1.807, 2.05) is 40.9 Å². The Morgan fingerprint density at radius 1 is 1.16 bits per heavy atom. The Hall–Kier alpha value is -2.69. The Labute approximate surface area is 145 Å². The Bertz CT molecular complexity index is 972. The van der Waals surface area contributed by atoms with E-state index in [2.05, 4.69) is 4.98 Å². The Kier molecular flexibility index (Phi) is 3.79. The largest absolute Gasteiger partial charge is 0.341 e. The zero-order chi connectivity index (χ0) is 17.6. The van der Waals surface area contributed by atoms with Gasteiger partial charge in [-0.25, -0.2) is 4.39 Å². The van der Waals surface area contributed by atoms with Gasteiger partial charge in [-0.1, -0.05) is 6.07 Å². The highest BCUT2D eigenvalue weighted by atomic mass is 19.1. The number of aromatic nitrogens is 2. The summed E-state index contributed by atoms with van der Waals surface area (Å²) >= 11 is 0. The molecule has 2 aromatic heterocycles. The number of hydrogen-bond acceptors (Lipinski definition) is 2. The maximum absolute atomic E-state index is 13.5. The molecule has 5 heteroatoms. The van der Waals surface area contributed by atoms with E-state index in [9.17, 15) is 9.18 Å². The van der Waals surface area contributed by atoms with Gasteiger partial charge in [-0.05, 0) is 55.2 Å². The minimum Gasteiger partial charge on any atom is -0.341 e. The Morgan fingerprint density at radius 3 is 2.64 bits per heavy atom. The summed E-state index contributed by atoms with van der Waals surface area (Å²) in [5.41, 5.74) is 5.34. The second-order valence-electron chi connectivity index (χ2n) is 6.73. The number of amides is 1. The highest BCUT2D eigenvalue weighted by Crippen LogP contribution is 2.27. The summed E-state index contributed by atoms with van der Waals surface area (Å²) in [7, 11) is 0. The first-order valence-corrected chi connectivity index (χ1v) is 8.53. The SMILES string of the molecule is Cc1cc(-c2cnc3c(C)cn(CC(=O)N4CCC4)c3c2)ccc1F. The van der Waals surface area contributed by atoms with Crippen molar-refractivity contribution in [2.24, 2.45) is 0 Å². The van der Waals surface area contributed by atoms with Crippen LogP contribution in [0.4, 0.5) is 4.39 Å². The third-order valence-electron chi connectivity index (χ3n) is 4.91. The number of carbonyl (C=O) groups excluding carboxylic acids is 1. The first kappa shape index (κ1) is 15.8. The number of hydrogen-bond donors (Lipinski definition) is 0. The van der Waals surface area contributed by atoms with Gasteiger partial charge in [0.2, 0.25) is 5.91 Å². The molecule has 128 valence electrons. The Balaban J connectivity index is 1.74. The lowest BCUT2D eigenvalue weighted by molar-refractivity contribution is -0.135. The van der Waals surface area contributed by atoms with Crippen molar-refractivity contribution in [3.8, 4) is 11.1 Å². The van der Waals surface area contributed by atoms with E-state index in [1.165, 1.54) is 6.07 Å². The topological polar surface area (TPSA) is 38.1 Å². The van der Waals surface area contributed by atoms with Crippen molar-refractivity contribution in [1.29, 1.82) is 0 Å². The third-order valence-corrected chi connectivity index (χ3v) is 4.91. The van der Waals surface area contributed by atoms with Crippen LogP contribution in [-0.4, -0.2) is 33.4 Å². The van der Waals surface area contributed by atoms with Gasteiger partial charge in [0.05, 0.1) is 11.0 Å². The summed E-state index contributed by atoms with van der Waals surface area (Å²) in [6, 6.07) is 7.10. The van der Waals surface area contributed by atoms with Crippen molar-refractivity contribution in [3.63, 3.8) is 0 Å². The molecule has 0 N–H and O–H groups in total. The van der Waals surface area contributed by atoms with Crippen molar-refractivity contribution in [1.82, 2.24) is 14.5 Å². The smallest absolute Gasteiger partial charge is 0.242 e. The Morgan fingerprint density at radius 2 is 1.96 bits per heavy atom. The van der Waals surface area contributed by atoms with Crippen LogP contribution in [0.25, 0.3) is 22.2 Å². The van der Waals surface area contributed by atoms with Crippen LogP contribution >= 0.6 is 0 Å². The second kappa shape index (κ2) is 5.99. The van der Waals surface area contributed by atoms with E-state index in [-0.39, 0.29) is 11.7 Å². The molecule has 1 amide bonds. The third kappa shape index (κ3) is 2.80. The van der Waals surface area contributed by atoms with Gasteiger partial charge in [0.1, 0.15) is 12.4 Å². The average Bonchev–Trinajstić information content (AvgIpc) is 2.84. The van der Waals surface area contributed by atoms with Gasteiger partial charge < -0.3 is 9.47 Å². The molecule has 1 saturated heterocycles. The normalized spacial score (nSPS) is 14.0. The summed E-state index contributed by atoms with van der Waals surface area (Å²) in [6.07, 6.45) is 4.88. The van der Waals surface area contributed by atoms with Crippen LogP contribution < -0.4 is 0 Å². The number of aryl methyl sites for hydroxylation is 2. The summed E-state index contributed by atoms with van der Waals surface area (Å²) in [4.78, 5) is 18.8. The lowest BCUT2D eigenvalue weighted by Gasteiger charge is -2.31. The molecule has 25 heavy (non-hydrogen) atoms. The maximum Gasteiger partial charge on any atom is 0.242 e. The van der Waals surface area contributed by atoms with Gasteiger partial charge >= 0.3 is 0 Å². The van der Waals surface area contributed by atoms with Crippen LogP contribution in [0.15, 0.2) is 36.7 Å². The molecule has 1 fully saturated rings. The van der Waals surface area contributed by atoms with E-state index in [0.717, 1.165) is 47.2 Å². The number of nitrogens with zero attached hydrogens (tertiary/aromatic N) is 3. The first-order valence-electron chi connectivity index (χ1n) is 8.53. The van der Waals surface area contributed by atoms with E-state index < -0.39 is 0 Å². The van der Waals surface area contributed by atoms with E-state index in [1.54, 1.807) is 13.0 Å². The maximum atomic E-state index is 13.5. The number of carbonyl (C=O) groups is 1. The number of fused-ring (bicyclic) bond motifs is 1. The second-order valence-corrected chi connectivity index (χ2v) is 6.73. The standard InChI is InChI=1S/C20H20FN3O/c1-13-8-15(4-5-17(13)21)16-9-18-20(22-10-16)14(2)11-24(18)12-19(25)23-6-3-7-23/h4-5,8-11H,3,6-7,12H2,1-2H3. The number of likely N-dealkylation sites (tertiary alicyclic amines) is 1. The minimum atomic E-state index is -0.211. The fourth-order valence-corrected chi connectivity index (χ4v) is 3.26. The highest BCUT2D eigenvalue weighted by molar-refractivity contribution is 5.86. The number of halogens is 1. The molecule has 0 atom stereocenters. The average molecular weight is 337 g/mol. The summed E-state index contributed by atoms with van der Waals surface area (Å²) in [6.45, 7) is 5.80. The van der Waals surface area contributed by atoms with Gasteiger partial charge in [-0.3, -0.25) is 9.78 Å². The molecule has 0 bridgehead atoms. The van der Waals surface area contributed by atoms with Crippen LogP contribution in [-0.2, 0) is 11.3 Å². The first-order chi connectivity index (χ1) is 12.0. The van der Waals surface area contributed by atoms with Gasteiger partial charge in [0.25, 0.3) is 0 Å². The predicted molar refractivity (Wildman–Crippen MR) is 95.8 cm³/mol. The van der Waals surface area contributed by atoms with Crippen molar-refractivity contribution in [2.75, 3.05) is 13.1 Å². The fraction of sp³-hybridized carbons (Fsp3) is 0.300. The molecule has 0 radical (unpaired) electrons. The van der Waals surface area contributed by atoms with E-state index >= 15 is 0 Å². The molecule has 3 aromatic rings. The molecule has 4 nitrogen and oxygen atoms in total. The molecule has 1 aliphatic rings. The lowest BCUT2D eigenvalue weighted by atomic mass is 10.0. The zero-order valence-corrected chi connectivity index (χ0v) is 14.4. The van der Waals surface area contributed by atoms with Crippen LogP contribution in [0, 0.1) is 19.7 Å². The molecule has 3 heterocycles. The summed E-state index contributed by atoms with van der Waals surface area (Å²) in [5, 5.41) is 0. The number of pyridine rings is 1. The molecule has 0 unspecified atom stereocenters. The van der Waals surface area contributed by atoms with Crippen LogP contribution in [0.2, 0.25) is 0 Å². The zero-order valence-electron chi connectivity index (χ0n) is 14.4. The molecule has 0 spiro atoms. The van der Waals surface area contributed by atoms with Gasteiger partial charge in [0.15, 0.2) is 0 Å². The number of rotatable bonds is 3. The van der Waals surface area contributed by atoms with Crippen molar-refractivity contribution >= 4 is 16.9 Å². The molecule has 0 aliphatic carbocycles. The summed E-state index contributed by atoms with van der Waals surface area (Å²) < 4.78 is 15.5. The van der Waals surface area contributed by atoms with Crippen molar-refractivity contribution < 1.29 is 9.18 Å². The molecular weight excluding hydrogens is 317 g/mol. The number of benzene rings is 1. The van der Waals surface area contributed by atoms with Gasteiger partial charge in [-0.2, -0.15) is 0 Å². The van der Waals surface area contributed by atoms with Crippen LogP contribution in [0.5, 0.6) is 0 Å². The van der Waals surface area contributed by atoms with Gasteiger partial charge in [0, 0.05) is 31.0 Å². The van der Waals surface area contributed by atoms with Crippen LogP contribution in [0.3, 0.4) is 0 Å².